The van der Waals surface area contributed by atoms with Gasteiger partial charge in [-0.15, -0.1) is 0 Å². The molecule has 3 N–H and O–H groups in total. The van der Waals surface area contributed by atoms with E-state index in [4.69, 9.17) is 11.6 Å². The number of hydrogen-bond acceptors (Lipinski definition) is 4. The van der Waals surface area contributed by atoms with Crippen LogP contribution < -0.4 is 15.4 Å². The van der Waals surface area contributed by atoms with Gasteiger partial charge in [0.15, 0.2) is 5.96 Å². The van der Waals surface area contributed by atoms with Crippen molar-refractivity contribution in [2.45, 2.75) is 38.1 Å². The summed E-state index contributed by atoms with van der Waals surface area (Å²) >= 11 is 5.87. The van der Waals surface area contributed by atoms with Crippen LogP contribution in [0.25, 0.3) is 0 Å². The van der Waals surface area contributed by atoms with Gasteiger partial charge in [0.1, 0.15) is 0 Å². The number of halogens is 1. The van der Waals surface area contributed by atoms with Crippen LogP contribution in [0.4, 0.5) is 0 Å². The van der Waals surface area contributed by atoms with Gasteiger partial charge in [0.2, 0.25) is 10.0 Å². The molecule has 160 valence electrons. The Bertz CT molecular complexity index is 971. The molecule has 0 fully saturated rings. The quantitative estimate of drug-likeness (QED) is 0.330. The molecule has 1 atom stereocenters. The molecule has 1 heterocycles. The molecule has 0 amide bonds. The van der Waals surface area contributed by atoms with Crippen molar-refractivity contribution in [1.82, 2.24) is 25.1 Å². The molecule has 0 aliphatic rings. The van der Waals surface area contributed by atoms with Gasteiger partial charge in [-0.1, -0.05) is 17.7 Å². The van der Waals surface area contributed by atoms with Crippen LogP contribution in [-0.4, -0.2) is 50.3 Å². The Kier molecular flexibility index (Phi) is 8.06. The molecule has 1 unspecified atom stereocenters. The van der Waals surface area contributed by atoms with Crippen LogP contribution in [0.5, 0.6) is 0 Å². The molecule has 1 aromatic heterocycles. The number of aliphatic imine (C=N–C) groups is 1. The predicted octanol–water partition coefficient (Wildman–Crippen LogP) is 1.76. The fourth-order valence-corrected chi connectivity index (χ4v) is 4.31. The second-order valence-electron chi connectivity index (χ2n) is 6.88. The first kappa shape index (κ1) is 23.2. The normalized spacial score (nSPS) is 13.4. The van der Waals surface area contributed by atoms with E-state index in [0.29, 0.717) is 17.5 Å². The summed E-state index contributed by atoms with van der Waals surface area (Å²) in [6.07, 6.45) is 0.813. The van der Waals surface area contributed by atoms with Crippen molar-refractivity contribution in [1.29, 1.82) is 0 Å². The Balaban J connectivity index is 1.83. The van der Waals surface area contributed by atoms with Gasteiger partial charge >= 0.3 is 0 Å². The molecule has 0 aliphatic heterocycles. The van der Waals surface area contributed by atoms with Crippen molar-refractivity contribution in [3.63, 3.8) is 0 Å². The van der Waals surface area contributed by atoms with E-state index >= 15 is 0 Å². The van der Waals surface area contributed by atoms with Crippen LogP contribution in [0.1, 0.15) is 23.9 Å². The van der Waals surface area contributed by atoms with E-state index in [2.05, 4.69) is 39.3 Å². The topological polar surface area (TPSA) is 100 Å². The lowest BCUT2D eigenvalue weighted by atomic mass is 10.1. The third-order valence-electron chi connectivity index (χ3n) is 4.59. The SMILES string of the molecule is CN=C(NCCNS(=O)(=O)c1cccc(Cl)c1)NC(C)Cc1c(C)nn(C)c1C. The van der Waals surface area contributed by atoms with E-state index in [1.54, 1.807) is 19.2 Å². The van der Waals surface area contributed by atoms with Gasteiger partial charge in [0, 0.05) is 43.9 Å². The highest BCUT2D eigenvalue weighted by Gasteiger charge is 2.15. The molecule has 2 rings (SSSR count). The van der Waals surface area contributed by atoms with E-state index in [9.17, 15) is 8.42 Å². The van der Waals surface area contributed by atoms with Crippen LogP contribution in [0.3, 0.4) is 0 Å². The number of guanidine groups is 1. The zero-order valence-electron chi connectivity index (χ0n) is 17.5. The molecule has 10 heteroatoms. The van der Waals surface area contributed by atoms with E-state index in [0.717, 1.165) is 17.8 Å². The molecule has 2 aromatic rings. The zero-order chi connectivity index (χ0) is 21.6. The van der Waals surface area contributed by atoms with E-state index in [-0.39, 0.29) is 17.5 Å². The minimum absolute atomic E-state index is 0.131. The third kappa shape index (κ3) is 6.45. The highest BCUT2D eigenvalue weighted by atomic mass is 35.5. The van der Waals surface area contributed by atoms with Gasteiger partial charge in [-0.25, -0.2) is 13.1 Å². The number of aromatic nitrogens is 2. The fourth-order valence-electron chi connectivity index (χ4n) is 2.98. The summed E-state index contributed by atoms with van der Waals surface area (Å²) in [4.78, 5) is 4.34. The van der Waals surface area contributed by atoms with Crippen molar-refractivity contribution in [3.05, 3.63) is 46.2 Å². The molecule has 0 bridgehead atoms. The van der Waals surface area contributed by atoms with Crippen molar-refractivity contribution in [3.8, 4) is 0 Å². The molecule has 1 aromatic carbocycles. The Hall–Kier alpha value is -2.10. The van der Waals surface area contributed by atoms with Crippen LogP contribution in [-0.2, 0) is 23.5 Å². The molecule has 29 heavy (non-hydrogen) atoms. The first-order chi connectivity index (χ1) is 13.6. The van der Waals surface area contributed by atoms with Crippen LogP contribution in [0.15, 0.2) is 34.2 Å². The van der Waals surface area contributed by atoms with Crippen molar-refractivity contribution in [2.24, 2.45) is 12.0 Å². The number of nitrogens with one attached hydrogen (secondary N) is 3. The van der Waals surface area contributed by atoms with Gasteiger partial charge < -0.3 is 10.6 Å². The number of rotatable bonds is 8. The maximum absolute atomic E-state index is 12.3. The molecule has 0 radical (unpaired) electrons. The summed E-state index contributed by atoms with van der Waals surface area (Å²) in [7, 11) is 0.0163. The van der Waals surface area contributed by atoms with Gasteiger partial charge in [-0.3, -0.25) is 9.67 Å². The van der Waals surface area contributed by atoms with Crippen LogP contribution in [0.2, 0.25) is 5.02 Å². The summed E-state index contributed by atoms with van der Waals surface area (Å²) < 4.78 is 29.0. The van der Waals surface area contributed by atoms with Crippen molar-refractivity contribution < 1.29 is 8.42 Å². The van der Waals surface area contributed by atoms with E-state index in [1.165, 1.54) is 17.7 Å². The lowest BCUT2D eigenvalue weighted by Crippen LogP contribution is -2.45. The largest absolute Gasteiger partial charge is 0.355 e. The predicted molar refractivity (Wildman–Crippen MR) is 117 cm³/mol. The van der Waals surface area contributed by atoms with Gasteiger partial charge in [0.25, 0.3) is 0 Å². The maximum atomic E-state index is 12.3. The highest BCUT2D eigenvalue weighted by molar-refractivity contribution is 7.89. The average Bonchev–Trinajstić information content (AvgIpc) is 2.90. The molecule has 8 nitrogen and oxygen atoms in total. The van der Waals surface area contributed by atoms with E-state index < -0.39 is 10.0 Å². The second kappa shape index (κ2) is 10.1. The second-order valence-corrected chi connectivity index (χ2v) is 9.08. The summed E-state index contributed by atoms with van der Waals surface area (Å²) in [5.74, 6) is 0.610. The number of hydrogen-bond donors (Lipinski definition) is 3. The standard InChI is InChI=1S/C19H29ClN6O2S/c1-13(11-18-14(2)25-26(5)15(18)3)24-19(21-4)22-9-10-23-29(27,28)17-8-6-7-16(20)12-17/h6-8,12-13,23H,9-11H2,1-5H3,(H2,21,22,24). The molecule has 0 saturated carbocycles. The number of benzene rings is 1. The lowest BCUT2D eigenvalue weighted by molar-refractivity contribution is 0.579. The number of aryl methyl sites for hydroxylation is 2. The number of nitrogens with zero attached hydrogens (tertiary/aromatic N) is 3. The monoisotopic (exact) mass is 440 g/mol. The lowest BCUT2D eigenvalue weighted by Gasteiger charge is -2.18. The molecular weight excluding hydrogens is 412 g/mol. The Morgan fingerprint density at radius 3 is 2.62 bits per heavy atom. The maximum Gasteiger partial charge on any atom is 0.240 e. The zero-order valence-corrected chi connectivity index (χ0v) is 19.0. The summed E-state index contributed by atoms with van der Waals surface area (Å²) in [6, 6.07) is 6.29. The minimum atomic E-state index is -3.60. The molecule has 0 spiro atoms. The Labute approximate surface area is 177 Å². The number of sulfonamides is 1. The Morgan fingerprint density at radius 2 is 2.03 bits per heavy atom. The third-order valence-corrected chi connectivity index (χ3v) is 6.29. The smallest absolute Gasteiger partial charge is 0.240 e. The molecule has 0 saturated heterocycles. The van der Waals surface area contributed by atoms with Crippen molar-refractivity contribution in [2.75, 3.05) is 20.1 Å². The highest BCUT2D eigenvalue weighted by Crippen LogP contribution is 2.15. The first-order valence-electron chi connectivity index (χ1n) is 9.35. The van der Waals surface area contributed by atoms with Gasteiger partial charge in [-0.2, -0.15) is 5.10 Å². The summed E-state index contributed by atoms with van der Waals surface area (Å²) in [5.41, 5.74) is 3.39. The Morgan fingerprint density at radius 1 is 1.31 bits per heavy atom. The van der Waals surface area contributed by atoms with Gasteiger partial charge in [-0.05, 0) is 51.0 Å². The summed E-state index contributed by atoms with van der Waals surface area (Å²) in [5, 5.41) is 11.3. The van der Waals surface area contributed by atoms with Crippen LogP contribution in [0, 0.1) is 13.8 Å². The van der Waals surface area contributed by atoms with Crippen LogP contribution >= 0.6 is 11.6 Å². The van der Waals surface area contributed by atoms with Gasteiger partial charge in [0.05, 0.1) is 10.6 Å². The minimum Gasteiger partial charge on any atom is -0.355 e. The fraction of sp³-hybridized carbons (Fsp3) is 0.474. The van der Waals surface area contributed by atoms with E-state index in [1.807, 2.05) is 18.7 Å². The average molecular weight is 441 g/mol. The molecular formula is C19H29ClN6O2S. The molecule has 0 aliphatic carbocycles. The van der Waals surface area contributed by atoms with Crippen molar-refractivity contribution >= 4 is 27.6 Å². The summed E-state index contributed by atoms with van der Waals surface area (Å²) in [6.45, 7) is 6.73. The first-order valence-corrected chi connectivity index (χ1v) is 11.2.